The second kappa shape index (κ2) is 8.74. The van der Waals surface area contributed by atoms with E-state index in [1.165, 1.54) is 44.9 Å². The molecule has 2 aliphatic rings. The number of rotatable bonds is 7. The second-order valence-electron chi connectivity index (χ2n) is 6.83. The van der Waals surface area contributed by atoms with Crippen molar-refractivity contribution in [3.8, 4) is 0 Å². The highest BCUT2D eigenvalue weighted by Gasteiger charge is 2.22. The maximum Gasteiger partial charge on any atom is 0.239 e. The highest BCUT2D eigenvalue weighted by atomic mass is 16.2. The third kappa shape index (κ3) is 5.26. The molecule has 1 saturated heterocycles. The summed E-state index contributed by atoms with van der Waals surface area (Å²) >= 11 is 0. The van der Waals surface area contributed by atoms with E-state index in [4.69, 9.17) is 0 Å². The summed E-state index contributed by atoms with van der Waals surface area (Å²) in [6.07, 6.45) is 10.4. The van der Waals surface area contributed by atoms with Crippen LogP contribution in [0.2, 0.25) is 0 Å². The van der Waals surface area contributed by atoms with Crippen LogP contribution in [-0.2, 0) is 4.79 Å². The second-order valence-corrected chi connectivity index (χ2v) is 6.83. The Morgan fingerprint density at radius 2 is 1.86 bits per heavy atom. The van der Waals surface area contributed by atoms with Crippen LogP contribution in [0, 0.1) is 0 Å². The van der Waals surface area contributed by atoms with Crippen LogP contribution in [-0.4, -0.2) is 61.0 Å². The van der Waals surface area contributed by atoms with Gasteiger partial charge in [-0.2, -0.15) is 0 Å². The van der Waals surface area contributed by atoms with Crippen molar-refractivity contribution in [1.82, 2.24) is 15.1 Å². The highest BCUT2D eigenvalue weighted by Crippen LogP contribution is 2.21. The maximum atomic E-state index is 12.2. The zero-order valence-electron chi connectivity index (χ0n) is 13.9. The van der Waals surface area contributed by atoms with Crippen LogP contribution in [0.25, 0.3) is 0 Å². The van der Waals surface area contributed by atoms with E-state index in [2.05, 4.69) is 17.3 Å². The molecule has 0 aromatic carbocycles. The molecule has 4 heteroatoms. The lowest BCUT2D eigenvalue weighted by atomic mass is 9.94. The minimum atomic E-state index is -0.0249. The molecule has 21 heavy (non-hydrogen) atoms. The molecule has 4 nitrogen and oxygen atoms in total. The van der Waals surface area contributed by atoms with Crippen molar-refractivity contribution in [3.05, 3.63) is 0 Å². The van der Waals surface area contributed by atoms with Gasteiger partial charge in [0.25, 0.3) is 0 Å². The van der Waals surface area contributed by atoms with Gasteiger partial charge >= 0.3 is 0 Å². The molecule has 2 fully saturated rings. The molecule has 1 N–H and O–H groups in total. The van der Waals surface area contributed by atoms with E-state index in [0.29, 0.717) is 0 Å². The molecule has 0 aromatic heterocycles. The van der Waals surface area contributed by atoms with Gasteiger partial charge in [0.05, 0.1) is 6.04 Å². The van der Waals surface area contributed by atoms with Crippen LogP contribution in [0.3, 0.4) is 0 Å². The summed E-state index contributed by atoms with van der Waals surface area (Å²) in [4.78, 5) is 16.7. The number of nitrogens with one attached hydrogen (secondary N) is 1. The Balaban J connectivity index is 1.56. The fourth-order valence-corrected chi connectivity index (χ4v) is 3.65. The van der Waals surface area contributed by atoms with E-state index in [0.717, 1.165) is 38.6 Å². The van der Waals surface area contributed by atoms with Gasteiger partial charge in [-0.3, -0.25) is 4.79 Å². The molecule has 0 radical (unpaired) electrons. The van der Waals surface area contributed by atoms with Crippen LogP contribution in [0.1, 0.15) is 58.3 Å². The van der Waals surface area contributed by atoms with E-state index in [9.17, 15) is 4.79 Å². The van der Waals surface area contributed by atoms with Crippen LogP contribution < -0.4 is 5.32 Å². The molecule has 1 saturated carbocycles. The predicted octanol–water partition coefficient (Wildman–Crippen LogP) is 2.24. The molecule has 1 aliphatic heterocycles. The van der Waals surface area contributed by atoms with Crippen molar-refractivity contribution < 1.29 is 4.79 Å². The molecule has 1 atom stereocenters. The summed E-state index contributed by atoms with van der Waals surface area (Å²) in [5, 5.41) is 3.40. The molecule has 1 unspecified atom stereocenters. The maximum absolute atomic E-state index is 12.2. The standard InChI is InChI=1S/C17H33N3O/c1-15(17(21)20-13-6-7-14-20)18-11-8-12-19(2)16-9-4-3-5-10-16/h15-16,18H,3-14H2,1-2H3. The van der Waals surface area contributed by atoms with Gasteiger partial charge in [-0.1, -0.05) is 19.3 Å². The molecule has 0 spiro atoms. The lowest BCUT2D eigenvalue weighted by molar-refractivity contribution is -0.131. The van der Waals surface area contributed by atoms with Gasteiger partial charge < -0.3 is 15.1 Å². The third-order valence-electron chi connectivity index (χ3n) is 5.12. The Labute approximate surface area is 130 Å². The van der Waals surface area contributed by atoms with Gasteiger partial charge in [-0.05, 0) is 59.2 Å². The topological polar surface area (TPSA) is 35.6 Å². The van der Waals surface area contributed by atoms with Crippen molar-refractivity contribution in [2.75, 3.05) is 33.2 Å². The zero-order chi connectivity index (χ0) is 15.1. The number of carbonyl (C=O) groups is 1. The van der Waals surface area contributed by atoms with E-state index in [-0.39, 0.29) is 11.9 Å². The van der Waals surface area contributed by atoms with Crippen LogP contribution >= 0.6 is 0 Å². The normalized spacial score (nSPS) is 22.0. The van der Waals surface area contributed by atoms with E-state index in [1.807, 2.05) is 11.8 Å². The Morgan fingerprint density at radius 1 is 1.19 bits per heavy atom. The summed E-state index contributed by atoms with van der Waals surface area (Å²) in [6, 6.07) is 0.769. The minimum absolute atomic E-state index is 0.0249. The first-order valence-electron chi connectivity index (χ1n) is 8.91. The molecule has 1 heterocycles. The smallest absolute Gasteiger partial charge is 0.239 e. The predicted molar refractivity (Wildman–Crippen MR) is 87.4 cm³/mol. The summed E-state index contributed by atoms with van der Waals surface area (Å²) in [6.45, 7) is 6.00. The van der Waals surface area contributed by atoms with Crippen LogP contribution in [0.4, 0.5) is 0 Å². The Bertz CT molecular complexity index is 309. The van der Waals surface area contributed by atoms with Crippen molar-refractivity contribution in [3.63, 3.8) is 0 Å². The summed E-state index contributed by atoms with van der Waals surface area (Å²) < 4.78 is 0. The first-order chi connectivity index (χ1) is 10.2. The quantitative estimate of drug-likeness (QED) is 0.732. The van der Waals surface area contributed by atoms with Crippen molar-refractivity contribution in [2.45, 2.75) is 70.4 Å². The van der Waals surface area contributed by atoms with Crippen molar-refractivity contribution in [2.24, 2.45) is 0 Å². The lowest BCUT2D eigenvalue weighted by Gasteiger charge is -2.31. The summed E-state index contributed by atoms with van der Waals surface area (Å²) in [5.41, 5.74) is 0. The Kier molecular flexibility index (Phi) is 6.97. The van der Waals surface area contributed by atoms with Gasteiger partial charge in [0, 0.05) is 19.1 Å². The van der Waals surface area contributed by atoms with E-state index >= 15 is 0 Å². The molecule has 122 valence electrons. The summed E-state index contributed by atoms with van der Waals surface area (Å²) in [5.74, 6) is 0.285. The monoisotopic (exact) mass is 295 g/mol. The molecular weight excluding hydrogens is 262 g/mol. The number of nitrogens with zero attached hydrogens (tertiary/aromatic N) is 2. The molecule has 0 aromatic rings. The Morgan fingerprint density at radius 3 is 2.52 bits per heavy atom. The van der Waals surface area contributed by atoms with Crippen molar-refractivity contribution >= 4 is 5.91 Å². The lowest BCUT2D eigenvalue weighted by Crippen LogP contribution is -2.44. The molecule has 2 rings (SSSR count). The number of hydrogen-bond acceptors (Lipinski definition) is 3. The number of carbonyl (C=O) groups excluding carboxylic acids is 1. The van der Waals surface area contributed by atoms with Gasteiger partial charge in [0.2, 0.25) is 5.91 Å². The van der Waals surface area contributed by atoms with Gasteiger partial charge in [0.15, 0.2) is 0 Å². The molecule has 0 bridgehead atoms. The number of amides is 1. The Hall–Kier alpha value is -0.610. The van der Waals surface area contributed by atoms with Crippen molar-refractivity contribution in [1.29, 1.82) is 0 Å². The van der Waals surface area contributed by atoms with Crippen LogP contribution in [0.5, 0.6) is 0 Å². The number of hydrogen-bond donors (Lipinski definition) is 1. The van der Waals surface area contributed by atoms with E-state index in [1.54, 1.807) is 0 Å². The average Bonchev–Trinajstić information content (AvgIpc) is 3.05. The van der Waals surface area contributed by atoms with Gasteiger partial charge in [0.1, 0.15) is 0 Å². The molecular formula is C17H33N3O. The average molecular weight is 295 g/mol. The highest BCUT2D eigenvalue weighted by molar-refractivity contribution is 5.81. The SMILES string of the molecule is CC(NCCCN(C)C1CCCCC1)C(=O)N1CCCC1. The molecule has 1 amide bonds. The summed E-state index contributed by atoms with van der Waals surface area (Å²) in [7, 11) is 2.26. The van der Waals surface area contributed by atoms with E-state index < -0.39 is 0 Å². The number of likely N-dealkylation sites (tertiary alicyclic amines) is 1. The minimum Gasteiger partial charge on any atom is -0.341 e. The fraction of sp³-hybridized carbons (Fsp3) is 0.941. The fourth-order valence-electron chi connectivity index (χ4n) is 3.65. The first kappa shape index (κ1) is 16.8. The largest absolute Gasteiger partial charge is 0.341 e. The first-order valence-corrected chi connectivity index (χ1v) is 8.91. The third-order valence-corrected chi connectivity index (χ3v) is 5.12. The van der Waals surface area contributed by atoms with Crippen LogP contribution in [0.15, 0.2) is 0 Å². The van der Waals surface area contributed by atoms with Gasteiger partial charge in [-0.25, -0.2) is 0 Å². The zero-order valence-corrected chi connectivity index (χ0v) is 13.9. The molecule has 1 aliphatic carbocycles. The van der Waals surface area contributed by atoms with Gasteiger partial charge in [-0.15, -0.1) is 0 Å².